The molecular weight excluding hydrogens is 1220 g/mol. The van der Waals surface area contributed by atoms with Gasteiger partial charge in [0.2, 0.25) is 6.10 Å². The van der Waals surface area contributed by atoms with Crippen LogP contribution in [-0.2, 0) is 48.2 Å². The number of likely N-dealkylation sites (tertiary alicyclic amines) is 1. The smallest absolute Gasteiger partial charge is 0.426 e. The molecule has 5 aromatic rings. The van der Waals surface area contributed by atoms with Gasteiger partial charge in [-0.3, -0.25) is 19.2 Å². The molecule has 11 rings (SSSR count). The minimum atomic E-state index is -5.27. The van der Waals surface area contributed by atoms with E-state index in [-0.39, 0.29) is 51.7 Å². The van der Waals surface area contributed by atoms with Crippen molar-refractivity contribution in [1.29, 1.82) is 0 Å². The van der Waals surface area contributed by atoms with Crippen molar-refractivity contribution in [3.05, 3.63) is 109 Å². The first-order valence-corrected chi connectivity index (χ1v) is 35.6. The molecule has 13 nitrogen and oxygen atoms in total. The normalized spacial score (nSPS) is 22.2. The molecule has 6 fully saturated rings. The highest BCUT2D eigenvalue weighted by molar-refractivity contribution is 7.85. The number of benzene rings is 4. The van der Waals surface area contributed by atoms with E-state index in [0.29, 0.717) is 43.8 Å². The van der Waals surface area contributed by atoms with Gasteiger partial charge >= 0.3 is 30.1 Å². The predicted molar refractivity (Wildman–Crippen MR) is 358 cm³/mol. The number of terminal acetylenes is 1. The Balaban J connectivity index is 0.000000192. The van der Waals surface area contributed by atoms with Crippen molar-refractivity contribution in [2.75, 3.05) is 25.9 Å². The first-order valence-electron chi connectivity index (χ1n) is 32.8. The van der Waals surface area contributed by atoms with Crippen LogP contribution in [0.1, 0.15) is 197 Å². The Morgan fingerprint density at radius 1 is 0.696 bits per heavy atom. The second kappa shape index (κ2) is 30.6. The zero-order valence-electron chi connectivity index (χ0n) is 56.5. The average molecular weight is 1320 g/mol. The van der Waals surface area contributed by atoms with E-state index in [9.17, 15) is 45.3 Å². The molecule has 4 bridgehead atoms. The summed E-state index contributed by atoms with van der Waals surface area (Å²) in [5, 5.41) is 11.8. The van der Waals surface area contributed by atoms with Crippen molar-refractivity contribution in [2.45, 2.75) is 221 Å². The Kier molecular flexibility index (Phi) is 25.0. The summed E-state index contributed by atoms with van der Waals surface area (Å²) in [5.74, 6) is -0.0251. The maximum atomic E-state index is 13.3. The number of carbonyl (C=O) groups excluding carboxylic acids is 4. The summed E-state index contributed by atoms with van der Waals surface area (Å²) in [4.78, 5) is 53.2. The van der Waals surface area contributed by atoms with Gasteiger partial charge < -0.3 is 33.5 Å². The fraction of sp³-hybridized carbons (Fsp3) is 0.595. The van der Waals surface area contributed by atoms with E-state index in [2.05, 4.69) is 122 Å². The topological polar surface area (TPSA) is 186 Å². The molecule has 1 aliphatic heterocycles. The molecule has 5 aliphatic carbocycles. The van der Waals surface area contributed by atoms with Crippen LogP contribution in [0.15, 0.2) is 103 Å². The van der Waals surface area contributed by atoms with Gasteiger partial charge in [0.05, 0.1) is 37.5 Å². The number of hydrogen-bond acceptors (Lipinski definition) is 13. The Bertz CT molecular complexity index is 3380. The largest absolute Gasteiger partial charge is 0.748 e. The number of esters is 4. The molecule has 4 unspecified atom stereocenters. The van der Waals surface area contributed by atoms with Crippen LogP contribution in [0.25, 0.3) is 25.1 Å². The van der Waals surface area contributed by atoms with E-state index in [1.807, 2.05) is 60.6 Å². The molecule has 506 valence electrons. The molecule has 1 aromatic heterocycles. The monoisotopic (exact) mass is 1320 g/mol. The van der Waals surface area contributed by atoms with E-state index in [1.54, 1.807) is 26.0 Å². The van der Waals surface area contributed by atoms with Gasteiger partial charge in [0.25, 0.3) is 0 Å². The summed E-state index contributed by atoms with van der Waals surface area (Å²) in [6.07, 6.45) is 9.05. The van der Waals surface area contributed by atoms with Crippen molar-refractivity contribution in [2.24, 2.45) is 33.5 Å². The maximum absolute atomic E-state index is 13.3. The summed E-state index contributed by atoms with van der Waals surface area (Å²) in [6.45, 7) is 25.2. The summed E-state index contributed by atoms with van der Waals surface area (Å²) in [7, 11) is -3.16. The SMILES string of the molecule is C#CC1(OC(=O)C(C)(C)CC)CCN(C)CC1.CCC(C)(C)C(=O)OC1(C)CCCC1.CCC(C)(C)C(=O)OC12CC3CC(C1)CC(C(=O)OC(CS(=O)(=O)[O-])C(F)(F)F)(C3)C2.CCC(C)c1ccc(O)cc1.c1ccc(-[s+]2c3ccccc3c3ccccc32)cc1. The number of hydrogen-bond donors (Lipinski definition) is 1. The number of phenols is 1. The van der Waals surface area contributed by atoms with Crippen LogP contribution in [-0.4, -0.2) is 102 Å². The van der Waals surface area contributed by atoms with Crippen molar-refractivity contribution in [3.8, 4) is 23.0 Å². The third-order valence-corrected chi connectivity index (χ3v) is 23.0. The number of aromatic hydroxyl groups is 1. The first kappa shape index (κ1) is 75.0. The van der Waals surface area contributed by atoms with Crippen molar-refractivity contribution in [1.82, 2.24) is 4.90 Å². The van der Waals surface area contributed by atoms with Crippen LogP contribution in [0.3, 0.4) is 0 Å². The number of phenolic OH excluding ortho intramolecular Hbond substituents is 1. The Morgan fingerprint density at radius 2 is 1.15 bits per heavy atom. The van der Waals surface area contributed by atoms with E-state index in [1.165, 1.54) is 43.5 Å². The van der Waals surface area contributed by atoms with Gasteiger partial charge in [-0.05, 0) is 211 Å². The molecule has 0 spiro atoms. The maximum Gasteiger partial charge on any atom is 0.426 e. The van der Waals surface area contributed by atoms with Gasteiger partial charge in [0, 0.05) is 53.6 Å². The van der Waals surface area contributed by atoms with Crippen LogP contribution in [0, 0.1) is 45.8 Å². The highest BCUT2D eigenvalue weighted by Gasteiger charge is 2.64. The lowest BCUT2D eigenvalue weighted by Gasteiger charge is -2.60. The van der Waals surface area contributed by atoms with Crippen LogP contribution in [0.5, 0.6) is 5.75 Å². The number of rotatable bonds is 16. The summed E-state index contributed by atoms with van der Waals surface area (Å²) in [5.41, 5.74) is -3.30. The number of fused-ring (bicyclic) bond motifs is 3. The Morgan fingerprint density at radius 3 is 1.60 bits per heavy atom. The molecule has 2 heterocycles. The fourth-order valence-electron chi connectivity index (χ4n) is 12.8. The Labute approximate surface area is 548 Å². The lowest BCUT2D eigenvalue weighted by Crippen LogP contribution is -2.61. The van der Waals surface area contributed by atoms with Gasteiger partial charge in [-0.1, -0.05) is 95.1 Å². The molecule has 92 heavy (non-hydrogen) atoms. The quantitative estimate of drug-likeness (QED) is 0.0324. The number of carbonyl (C=O) groups is 4. The molecule has 0 amide bonds. The van der Waals surface area contributed by atoms with Crippen molar-refractivity contribution < 1.29 is 69.4 Å². The van der Waals surface area contributed by atoms with Gasteiger partial charge in [0.15, 0.2) is 19.9 Å². The average Bonchev–Trinajstić information content (AvgIpc) is 0.908. The van der Waals surface area contributed by atoms with Crippen LogP contribution in [0.2, 0.25) is 0 Å². The van der Waals surface area contributed by atoms with Gasteiger partial charge in [-0.25, -0.2) is 8.42 Å². The van der Waals surface area contributed by atoms with Crippen LogP contribution < -0.4 is 0 Å². The predicted octanol–water partition coefficient (Wildman–Crippen LogP) is 17.3. The third-order valence-electron chi connectivity index (χ3n) is 19.9. The molecule has 4 aromatic carbocycles. The molecule has 0 radical (unpaired) electrons. The standard InChI is InChI=1S/C20H29F3O7S.C18H13S.C14H23NO2.C12H22O2.C10H14O/c1-4-17(2,3)15(24)30-19-8-12-5-13(9-19)7-18(6-12,11-19)16(25)29-14(20(21,22)23)10-31(26,27)28;1-2-8-14(9-3-1)19-17-12-6-4-10-15(17)16-11-5-7-13-18(16)19;1-6-13(3,4)12(16)17-14(7-2)8-10-15(5)11-9-14;1-5-11(2,3)10(13)14-12(4)8-6-7-9-12;1-3-8(2)9-4-6-10(11)7-5-9/h12-14H,4-11H2,1-3H3,(H,26,27,28);1-13H;2H,6,8-11H2,1,3-5H3;5-9H2,1-4H3;4-8,11H,3H2,1-2H3/q;+1;;;/p-1. The summed E-state index contributed by atoms with van der Waals surface area (Å²) >= 11 is 0. The molecule has 4 atom stereocenters. The number of halogens is 3. The lowest BCUT2D eigenvalue weighted by atomic mass is 9.48. The zero-order chi connectivity index (χ0) is 68.3. The number of piperidine rings is 1. The van der Waals surface area contributed by atoms with E-state index < -0.39 is 67.5 Å². The van der Waals surface area contributed by atoms with Crippen molar-refractivity contribution >= 4 is 64.6 Å². The van der Waals surface area contributed by atoms with E-state index >= 15 is 0 Å². The van der Waals surface area contributed by atoms with Crippen LogP contribution in [0.4, 0.5) is 13.2 Å². The number of thiophene rings is 1. The second-order valence-electron chi connectivity index (χ2n) is 28.6. The Hall–Kier alpha value is -6.00. The molecule has 18 heteroatoms. The zero-order valence-corrected chi connectivity index (χ0v) is 58.1. The molecule has 1 saturated heterocycles. The molecule has 1 N–H and O–H groups in total. The summed E-state index contributed by atoms with van der Waals surface area (Å²) in [6, 6.07) is 35.8. The van der Waals surface area contributed by atoms with Crippen LogP contribution >= 0.6 is 10.5 Å². The fourth-order valence-corrected chi connectivity index (χ4v) is 15.8. The van der Waals surface area contributed by atoms with Gasteiger partial charge in [-0.15, -0.1) is 6.42 Å². The minimum Gasteiger partial charge on any atom is -0.748 e. The lowest BCUT2D eigenvalue weighted by molar-refractivity contribution is -0.239. The molecular formula is C74H100F3NO12S2. The van der Waals surface area contributed by atoms with E-state index in [0.717, 1.165) is 64.5 Å². The highest BCUT2D eigenvalue weighted by atomic mass is 32.2. The highest BCUT2D eigenvalue weighted by Crippen LogP contribution is 2.64. The number of nitrogens with zero attached hydrogens (tertiary/aromatic N) is 1. The number of ether oxygens (including phenoxy) is 4. The third kappa shape index (κ3) is 19.3. The van der Waals surface area contributed by atoms with Gasteiger partial charge in [0.1, 0.15) is 17.0 Å². The van der Waals surface area contributed by atoms with Crippen molar-refractivity contribution in [3.63, 3.8) is 0 Å². The molecule has 5 saturated carbocycles. The molecule has 6 aliphatic rings. The van der Waals surface area contributed by atoms with Gasteiger partial charge in [-0.2, -0.15) is 13.2 Å². The van der Waals surface area contributed by atoms with E-state index in [4.69, 9.17) is 25.7 Å². The first-order chi connectivity index (χ1) is 42.9. The second-order valence-corrected chi connectivity index (χ2v) is 32.0. The number of alkyl halides is 3. The minimum absolute atomic E-state index is 0.00100. The summed E-state index contributed by atoms with van der Waals surface area (Å²) < 4.78 is 97.2.